The Morgan fingerprint density at radius 2 is 1.92 bits per heavy atom. The van der Waals surface area contributed by atoms with Gasteiger partial charge in [0.05, 0.1) is 21.4 Å². The molecule has 0 aliphatic carbocycles. The highest BCUT2D eigenvalue weighted by Gasteiger charge is 2.46. The van der Waals surface area contributed by atoms with Crippen LogP contribution >= 0.6 is 57.6 Å². The van der Waals surface area contributed by atoms with Crippen LogP contribution in [0.15, 0.2) is 75.6 Å². The molecule has 0 radical (unpaired) electrons. The zero-order valence-corrected chi connectivity index (χ0v) is 22.9. The molecule has 9 nitrogen and oxygen atoms in total. The Hall–Kier alpha value is -3.29. The molecule has 3 heterocycles. The van der Waals surface area contributed by atoms with Crippen LogP contribution < -0.4 is 4.90 Å². The molecule has 2 aromatic carbocycles. The van der Waals surface area contributed by atoms with Gasteiger partial charge in [0.1, 0.15) is 0 Å². The number of hydrogen-bond acceptors (Lipinski definition) is 10. The molecule has 0 bridgehead atoms. The van der Waals surface area contributed by atoms with Gasteiger partial charge < -0.3 is 5.11 Å². The maximum absolute atomic E-state index is 13.4. The van der Waals surface area contributed by atoms with E-state index in [1.165, 1.54) is 52.3 Å². The Morgan fingerprint density at radius 1 is 1.16 bits per heavy atom. The maximum Gasteiger partial charge on any atom is 0.296 e. The highest BCUT2D eigenvalue weighted by atomic mass is 35.5. The smallest absolute Gasteiger partial charge is 0.296 e. The van der Waals surface area contributed by atoms with Gasteiger partial charge in [0.2, 0.25) is 10.9 Å². The number of Topliss-reactive ketones (excluding diaryl/α,β-unsaturated/α-hetero) is 1. The number of nitro benzene ring substituents is 1. The lowest BCUT2D eigenvalue weighted by molar-refractivity contribution is -0.384. The van der Waals surface area contributed by atoms with Gasteiger partial charge in [-0.05, 0) is 46.8 Å². The van der Waals surface area contributed by atoms with Crippen molar-refractivity contribution in [2.75, 3.05) is 4.90 Å². The topological polar surface area (TPSA) is 127 Å². The predicted octanol–water partition coefficient (Wildman–Crippen LogP) is 6.89. The van der Waals surface area contributed by atoms with Crippen LogP contribution in [0, 0.1) is 10.1 Å². The molecule has 38 heavy (non-hydrogen) atoms. The van der Waals surface area contributed by atoms with E-state index in [1.54, 1.807) is 35.7 Å². The minimum atomic E-state index is -1.06. The highest BCUT2D eigenvalue weighted by Crippen LogP contribution is 2.44. The summed E-state index contributed by atoms with van der Waals surface area (Å²) in [6.07, 6.45) is 0. The molecule has 192 valence electrons. The second-order valence-corrected chi connectivity index (χ2v) is 11.8. The van der Waals surface area contributed by atoms with Crippen LogP contribution in [-0.2, 0) is 10.5 Å². The van der Waals surface area contributed by atoms with Crippen LogP contribution in [0.2, 0.25) is 10.0 Å². The standard InChI is InChI=1S/C24H14Cl2N4O5S3/c25-14-6-3-13(16(26)10-14)11-37-24-28-27-23(38-24)29-19(12-4-7-15(8-5-12)30(34)35)18(21(32)22(29)33)20(31)17-2-1-9-36-17/h1-10,19,32H,11H2. The lowest BCUT2D eigenvalue weighted by Gasteiger charge is -2.23. The third kappa shape index (κ3) is 5.05. The molecular weight excluding hydrogens is 591 g/mol. The van der Waals surface area contributed by atoms with E-state index in [2.05, 4.69) is 10.2 Å². The van der Waals surface area contributed by atoms with Gasteiger partial charge in [0.25, 0.3) is 11.6 Å². The maximum atomic E-state index is 13.4. The van der Waals surface area contributed by atoms with Crippen LogP contribution in [0.3, 0.4) is 0 Å². The SMILES string of the molecule is O=C(C1=C(O)C(=O)N(c2nnc(SCc3ccc(Cl)cc3Cl)s2)C1c1ccc([N+](=O)[O-])cc1)c1cccs1. The van der Waals surface area contributed by atoms with Gasteiger partial charge in [-0.1, -0.05) is 58.4 Å². The van der Waals surface area contributed by atoms with Crippen molar-refractivity contribution in [1.82, 2.24) is 10.2 Å². The van der Waals surface area contributed by atoms with Crippen LogP contribution in [-0.4, -0.2) is 31.9 Å². The fourth-order valence-corrected chi connectivity index (χ4v) is 6.91. The summed E-state index contributed by atoms with van der Waals surface area (Å²) in [7, 11) is 0. The number of amides is 1. The number of ketones is 1. The first-order valence-corrected chi connectivity index (χ1v) is 14.2. The number of carbonyl (C=O) groups excluding carboxylic acids is 2. The number of aliphatic hydroxyl groups excluding tert-OH is 1. The summed E-state index contributed by atoms with van der Waals surface area (Å²) in [5, 5.41) is 33.2. The molecule has 1 amide bonds. The number of benzene rings is 2. The minimum absolute atomic E-state index is 0.136. The van der Waals surface area contributed by atoms with Crippen LogP contribution in [0.5, 0.6) is 0 Å². The Balaban J connectivity index is 1.49. The zero-order valence-electron chi connectivity index (χ0n) is 18.9. The lowest BCUT2D eigenvalue weighted by Crippen LogP contribution is -2.31. The summed E-state index contributed by atoms with van der Waals surface area (Å²) in [5.41, 5.74) is 0.940. The van der Waals surface area contributed by atoms with E-state index >= 15 is 0 Å². The van der Waals surface area contributed by atoms with Gasteiger partial charge in [0.15, 0.2) is 10.1 Å². The second-order valence-electron chi connectivity index (χ2n) is 7.87. The molecule has 1 aliphatic rings. The molecule has 0 fully saturated rings. The average Bonchev–Trinajstić information content (AvgIpc) is 3.64. The molecule has 1 aliphatic heterocycles. The molecule has 5 rings (SSSR count). The number of thioether (sulfide) groups is 1. The summed E-state index contributed by atoms with van der Waals surface area (Å²) in [4.78, 5) is 38.8. The Bertz CT molecular complexity index is 1590. The fraction of sp³-hybridized carbons (Fsp3) is 0.0833. The highest BCUT2D eigenvalue weighted by molar-refractivity contribution is 8.00. The van der Waals surface area contributed by atoms with Gasteiger partial charge in [0, 0.05) is 27.9 Å². The molecule has 4 aromatic rings. The average molecular weight is 606 g/mol. The Morgan fingerprint density at radius 3 is 2.58 bits per heavy atom. The summed E-state index contributed by atoms with van der Waals surface area (Å²) in [6, 6.07) is 12.8. The molecule has 1 atom stereocenters. The number of anilines is 1. The first-order valence-electron chi connectivity index (χ1n) is 10.7. The van der Waals surface area contributed by atoms with Crippen molar-refractivity contribution < 1.29 is 19.6 Å². The number of non-ortho nitro benzene ring substituents is 1. The number of nitro groups is 1. The molecular formula is C24H14Cl2N4O5S3. The summed E-state index contributed by atoms with van der Waals surface area (Å²) in [5.74, 6) is -1.57. The van der Waals surface area contributed by atoms with E-state index in [9.17, 15) is 24.8 Å². The van der Waals surface area contributed by atoms with E-state index in [4.69, 9.17) is 23.2 Å². The number of aliphatic hydroxyl groups is 1. The molecule has 0 spiro atoms. The first-order chi connectivity index (χ1) is 18.2. The van der Waals surface area contributed by atoms with E-state index in [0.29, 0.717) is 30.6 Å². The quantitative estimate of drug-likeness (QED) is 0.0757. The summed E-state index contributed by atoms with van der Waals surface area (Å²) >= 11 is 15.8. The monoisotopic (exact) mass is 604 g/mol. The third-order valence-electron chi connectivity index (χ3n) is 5.59. The second kappa shape index (κ2) is 10.8. The van der Waals surface area contributed by atoms with Crippen molar-refractivity contribution in [3.63, 3.8) is 0 Å². The lowest BCUT2D eigenvalue weighted by atomic mass is 9.95. The van der Waals surface area contributed by atoms with Crippen molar-refractivity contribution in [1.29, 1.82) is 0 Å². The molecule has 1 N–H and O–H groups in total. The van der Waals surface area contributed by atoms with Gasteiger partial charge >= 0.3 is 0 Å². The van der Waals surface area contributed by atoms with Crippen molar-refractivity contribution >= 4 is 80.1 Å². The van der Waals surface area contributed by atoms with E-state index in [0.717, 1.165) is 16.9 Å². The van der Waals surface area contributed by atoms with E-state index in [-0.39, 0.29) is 16.4 Å². The molecule has 0 saturated heterocycles. The van der Waals surface area contributed by atoms with Gasteiger partial charge in [-0.2, -0.15) is 0 Å². The molecule has 14 heteroatoms. The molecule has 1 unspecified atom stereocenters. The zero-order chi connectivity index (χ0) is 27.0. The first kappa shape index (κ1) is 26.3. The Kier molecular flexibility index (Phi) is 7.50. The summed E-state index contributed by atoms with van der Waals surface area (Å²) in [6.45, 7) is 0. The largest absolute Gasteiger partial charge is 0.503 e. The number of rotatable bonds is 8. The Labute approximate surface area is 237 Å². The number of hydrogen-bond donors (Lipinski definition) is 1. The number of nitrogens with zero attached hydrogens (tertiary/aromatic N) is 4. The van der Waals surface area contributed by atoms with Crippen molar-refractivity contribution in [2.24, 2.45) is 0 Å². The molecule has 0 saturated carbocycles. The van der Waals surface area contributed by atoms with Gasteiger partial charge in [-0.15, -0.1) is 21.5 Å². The normalized spacial score (nSPS) is 15.4. The number of halogens is 2. The third-order valence-corrected chi connectivity index (χ3v) is 9.15. The fourth-order valence-electron chi connectivity index (χ4n) is 3.81. The van der Waals surface area contributed by atoms with Crippen molar-refractivity contribution in [3.05, 3.63) is 107 Å². The van der Waals surface area contributed by atoms with Crippen LogP contribution in [0.4, 0.5) is 10.8 Å². The number of aromatic nitrogens is 2. The molecule has 2 aromatic heterocycles. The van der Waals surface area contributed by atoms with Crippen LogP contribution in [0.1, 0.15) is 26.8 Å². The number of thiophene rings is 1. The van der Waals surface area contributed by atoms with E-state index in [1.807, 2.05) is 0 Å². The van der Waals surface area contributed by atoms with Crippen molar-refractivity contribution in [2.45, 2.75) is 16.1 Å². The number of carbonyl (C=O) groups is 2. The summed E-state index contributed by atoms with van der Waals surface area (Å²) < 4.78 is 0.527. The van der Waals surface area contributed by atoms with Crippen LogP contribution in [0.25, 0.3) is 0 Å². The van der Waals surface area contributed by atoms with Crippen molar-refractivity contribution in [3.8, 4) is 0 Å². The van der Waals surface area contributed by atoms with Gasteiger partial charge in [-0.25, -0.2) is 0 Å². The minimum Gasteiger partial charge on any atom is -0.503 e. The van der Waals surface area contributed by atoms with Gasteiger partial charge in [-0.3, -0.25) is 24.6 Å². The predicted molar refractivity (Wildman–Crippen MR) is 148 cm³/mol. The van der Waals surface area contributed by atoms with E-state index < -0.39 is 28.4 Å².